The molecule has 0 bridgehead atoms. The van der Waals surface area contributed by atoms with Crippen LogP contribution in [0, 0.1) is 17.0 Å². The molecule has 14 nitrogen and oxygen atoms in total. The Morgan fingerprint density at radius 3 is 2.68 bits per heavy atom. The number of nitro groups is 1. The fraction of sp³-hybridized carbons (Fsp3) is 0.226. The first-order valence-corrected chi connectivity index (χ1v) is 14.9. The van der Waals surface area contributed by atoms with Crippen LogP contribution in [-0.4, -0.2) is 65.4 Å². The molecule has 1 amide bonds. The lowest BCUT2D eigenvalue weighted by atomic mass is 10.2. The number of amides is 1. The number of carbonyl (C=O) groups excluding carboxylic acids is 1. The minimum absolute atomic E-state index is 0. The van der Waals surface area contributed by atoms with Gasteiger partial charge >= 0.3 is 5.82 Å². The van der Waals surface area contributed by atoms with Gasteiger partial charge in [-0.05, 0) is 68.3 Å². The first-order valence-electron chi connectivity index (χ1n) is 14.2. The zero-order valence-corrected chi connectivity index (χ0v) is 29.2. The number of nitrogens with zero attached hydrogens (tertiary/aromatic N) is 8. The molecule has 0 radical (unpaired) electrons. The van der Waals surface area contributed by atoms with Crippen molar-refractivity contribution in [3.8, 4) is 5.75 Å². The third-order valence-electron chi connectivity index (χ3n) is 7.11. The molecular formula is C31H32Br2N10O4. The molecule has 244 valence electrons. The van der Waals surface area contributed by atoms with Crippen LogP contribution in [0.5, 0.6) is 5.75 Å². The van der Waals surface area contributed by atoms with E-state index >= 15 is 0 Å². The summed E-state index contributed by atoms with van der Waals surface area (Å²) in [5, 5.41) is 18.2. The lowest BCUT2D eigenvalue weighted by Gasteiger charge is -2.28. The van der Waals surface area contributed by atoms with Gasteiger partial charge in [-0.25, -0.2) is 15.0 Å². The normalized spacial score (nSPS) is 11.3. The number of imidazole rings is 1. The molecule has 0 spiro atoms. The molecule has 1 aromatic carbocycles. The van der Waals surface area contributed by atoms with Gasteiger partial charge in [0.1, 0.15) is 36.9 Å². The monoisotopic (exact) mass is 766 g/mol. The Labute approximate surface area is 289 Å². The highest BCUT2D eigenvalue weighted by Crippen LogP contribution is 2.31. The number of pyridine rings is 2. The summed E-state index contributed by atoms with van der Waals surface area (Å²) < 4.78 is 8.75. The van der Waals surface area contributed by atoms with Gasteiger partial charge in [-0.1, -0.05) is 6.07 Å². The van der Waals surface area contributed by atoms with Gasteiger partial charge in [0.2, 0.25) is 11.7 Å². The molecule has 5 rings (SSSR count). The highest BCUT2D eigenvalue weighted by atomic mass is 79.9. The minimum Gasteiger partial charge on any atom is -1.00 e. The number of halogens is 2. The average molecular weight is 768 g/mol. The smallest absolute Gasteiger partial charge is 0.391 e. The molecule has 0 aliphatic rings. The molecule has 0 unspecified atom stereocenters. The number of anilines is 3. The predicted molar refractivity (Wildman–Crippen MR) is 176 cm³/mol. The van der Waals surface area contributed by atoms with Gasteiger partial charge in [-0.15, -0.1) is 0 Å². The Bertz CT molecular complexity index is 1930. The van der Waals surface area contributed by atoms with Crippen molar-refractivity contribution < 1.29 is 35.9 Å². The summed E-state index contributed by atoms with van der Waals surface area (Å²) in [6, 6.07) is 13.0. The average Bonchev–Trinajstić information content (AvgIpc) is 3.29. The fourth-order valence-electron chi connectivity index (χ4n) is 4.64. The van der Waals surface area contributed by atoms with Gasteiger partial charge < -0.3 is 51.5 Å². The van der Waals surface area contributed by atoms with Gasteiger partial charge in [0, 0.05) is 37.3 Å². The van der Waals surface area contributed by atoms with Crippen molar-refractivity contribution in [1.29, 1.82) is 0 Å². The van der Waals surface area contributed by atoms with Gasteiger partial charge in [-0.2, -0.15) is 0 Å². The SMILES string of the molecule is Cc1nc([N+](=O)[O-])c(C[N+](C)(C)C/C=C/C(=O)Nc2cc3c(Nc4ccc(OCc5ccccn5)c(Br)c4)ncnc3cn2)n1C.[Br-]. The van der Waals surface area contributed by atoms with E-state index in [9.17, 15) is 14.9 Å². The number of hydrogen-bond acceptors (Lipinski definition) is 10. The Balaban J connectivity index is 0.00000500. The number of hydrogen-bond donors (Lipinski definition) is 2. The molecule has 4 heterocycles. The van der Waals surface area contributed by atoms with E-state index in [1.807, 2.05) is 50.5 Å². The van der Waals surface area contributed by atoms with E-state index in [1.165, 1.54) is 12.4 Å². The Hall–Kier alpha value is -4.80. The van der Waals surface area contributed by atoms with Crippen LogP contribution in [0.4, 0.5) is 23.1 Å². The second-order valence-corrected chi connectivity index (χ2v) is 12.0. The van der Waals surface area contributed by atoms with Gasteiger partial charge in [0.15, 0.2) is 5.69 Å². The third-order valence-corrected chi connectivity index (χ3v) is 7.72. The Kier molecular flexibility index (Phi) is 11.3. The lowest BCUT2D eigenvalue weighted by Crippen LogP contribution is -3.00. The number of fused-ring (bicyclic) bond motifs is 1. The number of likely N-dealkylation sites (N-methyl/N-ethyl adjacent to an activating group) is 1. The van der Waals surface area contributed by atoms with Crippen LogP contribution >= 0.6 is 15.9 Å². The number of benzene rings is 1. The molecule has 0 saturated carbocycles. The van der Waals surface area contributed by atoms with Gasteiger partial charge in [0.05, 0.1) is 42.5 Å². The molecule has 5 aromatic rings. The number of aryl methyl sites for hydroxylation is 1. The number of aromatic nitrogens is 6. The van der Waals surface area contributed by atoms with E-state index in [0.29, 0.717) is 64.0 Å². The van der Waals surface area contributed by atoms with E-state index in [0.717, 1.165) is 15.9 Å². The maximum Gasteiger partial charge on any atom is 0.391 e. The first-order chi connectivity index (χ1) is 22.0. The molecule has 0 fully saturated rings. The van der Waals surface area contributed by atoms with E-state index < -0.39 is 4.92 Å². The third kappa shape index (κ3) is 8.93. The van der Waals surface area contributed by atoms with E-state index in [2.05, 4.69) is 51.5 Å². The maximum atomic E-state index is 12.8. The van der Waals surface area contributed by atoms with Crippen LogP contribution in [0.1, 0.15) is 17.2 Å². The van der Waals surface area contributed by atoms with E-state index in [-0.39, 0.29) is 28.7 Å². The summed E-state index contributed by atoms with van der Waals surface area (Å²) in [6.07, 6.45) is 7.87. The quantitative estimate of drug-likeness (QED) is 0.0834. The minimum atomic E-state index is -0.468. The van der Waals surface area contributed by atoms with Gasteiger partial charge in [0.25, 0.3) is 0 Å². The highest BCUT2D eigenvalue weighted by molar-refractivity contribution is 9.10. The summed E-state index contributed by atoms with van der Waals surface area (Å²) in [5.41, 5.74) is 2.70. The van der Waals surface area contributed by atoms with Crippen LogP contribution in [0.2, 0.25) is 0 Å². The molecule has 16 heteroatoms. The zero-order valence-electron chi connectivity index (χ0n) is 26.0. The highest BCUT2D eigenvalue weighted by Gasteiger charge is 2.29. The van der Waals surface area contributed by atoms with Gasteiger partial charge in [-0.3, -0.25) is 9.78 Å². The summed E-state index contributed by atoms with van der Waals surface area (Å²) >= 11 is 3.57. The Morgan fingerprint density at radius 1 is 1.15 bits per heavy atom. The number of carbonyl (C=O) groups is 1. The maximum absolute atomic E-state index is 12.8. The molecule has 0 atom stereocenters. The Morgan fingerprint density at radius 2 is 1.96 bits per heavy atom. The van der Waals surface area contributed by atoms with Crippen molar-refractivity contribution in [3.63, 3.8) is 0 Å². The largest absolute Gasteiger partial charge is 1.00 e. The van der Waals surface area contributed by atoms with Crippen molar-refractivity contribution in [2.75, 3.05) is 31.3 Å². The summed E-state index contributed by atoms with van der Waals surface area (Å²) in [5.74, 6) is 1.58. The second kappa shape index (κ2) is 15.2. The lowest BCUT2D eigenvalue weighted by molar-refractivity contribution is -0.898. The number of rotatable bonds is 12. The van der Waals surface area contributed by atoms with Crippen molar-refractivity contribution in [2.24, 2.45) is 7.05 Å². The molecular weight excluding hydrogens is 736 g/mol. The standard InChI is InChI=1S/C31H31BrN10O4.BrH/c1-20-37-31(41(44)45)26(40(20)2)17-42(3,4)13-7-9-29(43)39-28-15-23-25(16-34-28)35-19-36-30(23)38-21-10-11-27(24(32)14-21)46-18-22-8-5-6-12-33-22;/h5-12,14-16,19H,13,17-18H2,1-4H3,(H-,34,35,36,38,39,43);1H/b9-7+;. The van der Waals surface area contributed by atoms with Crippen molar-refractivity contribution >= 4 is 55.9 Å². The molecule has 4 aromatic heterocycles. The molecule has 0 aliphatic heterocycles. The van der Waals surface area contributed by atoms with Crippen LogP contribution < -0.4 is 32.4 Å². The second-order valence-electron chi connectivity index (χ2n) is 11.1. The number of nitrogens with one attached hydrogen (secondary N) is 2. The topological polar surface area (TPSA) is 163 Å². The molecule has 2 N–H and O–H groups in total. The molecule has 0 saturated heterocycles. The summed E-state index contributed by atoms with van der Waals surface area (Å²) in [7, 11) is 5.61. The van der Waals surface area contributed by atoms with E-state index in [1.54, 1.807) is 43.1 Å². The van der Waals surface area contributed by atoms with Crippen LogP contribution in [-0.2, 0) is 25.0 Å². The number of quaternary nitrogens is 1. The van der Waals surface area contributed by atoms with Crippen molar-refractivity contribution in [1.82, 2.24) is 29.5 Å². The number of ether oxygens (including phenoxy) is 1. The summed E-state index contributed by atoms with van der Waals surface area (Å²) in [4.78, 5) is 45.1. The zero-order chi connectivity index (χ0) is 32.8. The van der Waals surface area contributed by atoms with E-state index in [4.69, 9.17) is 4.74 Å². The van der Waals surface area contributed by atoms with Crippen LogP contribution in [0.15, 0.2) is 77.8 Å². The fourth-order valence-corrected chi connectivity index (χ4v) is 5.13. The van der Waals surface area contributed by atoms with Crippen molar-refractivity contribution in [3.05, 3.63) is 105 Å². The first kappa shape index (κ1) is 35.1. The molecule has 0 aliphatic carbocycles. The van der Waals surface area contributed by atoms with Crippen molar-refractivity contribution in [2.45, 2.75) is 20.1 Å². The summed E-state index contributed by atoms with van der Waals surface area (Å²) in [6.45, 7) is 2.88. The molecule has 47 heavy (non-hydrogen) atoms. The van der Waals surface area contributed by atoms with Crippen LogP contribution in [0.3, 0.4) is 0 Å². The predicted octanol–water partition coefficient (Wildman–Crippen LogP) is 2.23. The van der Waals surface area contributed by atoms with Crippen LogP contribution in [0.25, 0.3) is 10.9 Å².